The topological polar surface area (TPSA) is 158 Å². The van der Waals surface area contributed by atoms with Crippen molar-refractivity contribution in [2.45, 2.75) is 18.2 Å². The molecule has 0 aliphatic carbocycles. The summed E-state index contributed by atoms with van der Waals surface area (Å²) in [6.07, 6.45) is 1.96. The van der Waals surface area contributed by atoms with Crippen LogP contribution in [-0.4, -0.2) is 71.7 Å². The molecule has 1 heterocycles. The molecule has 2 aromatic carbocycles. The van der Waals surface area contributed by atoms with Gasteiger partial charge in [0.1, 0.15) is 29.0 Å². The van der Waals surface area contributed by atoms with Gasteiger partial charge in [-0.15, -0.1) is 0 Å². The van der Waals surface area contributed by atoms with Crippen molar-refractivity contribution in [2.24, 2.45) is 5.11 Å². The van der Waals surface area contributed by atoms with E-state index in [0.717, 1.165) is 6.26 Å². The highest BCUT2D eigenvalue weighted by Gasteiger charge is 2.36. The van der Waals surface area contributed by atoms with Crippen LogP contribution in [0.4, 0.5) is 5.95 Å². The highest BCUT2D eigenvalue weighted by Crippen LogP contribution is 2.32. The van der Waals surface area contributed by atoms with Gasteiger partial charge in [-0.05, 0) is 54.1 Å². The van der Waals surface area contributed by atoms with E-state index in [1.807, 2.05) is 0 Å². The Bertz CT molecular complexity index is 1350. The molecule has 0 spiro atoms. The number of anilines is 1. The van der Waals surface area contributed by atoms with Gasteiger partial charge < -0.3 is 23.8 Å². The van der Waals surface area contributed by atoms with Crippen molar-refractivity contribution in [3.8, 4) is 23.0 Å². The van der Waals surface area contributed by atoms with Crippen LogP contribution in [0.1, 0.15) is 11.7 Å². The van der Waals surface area contributed by atoms with Crippen LogP contribution < -0.4 is 23.8 Å². The average molecular weight is 559 g/mol. The third-order valence-electron chi connectivity index (χ3n) is 5.37. The van der Waals surface area contributed by atoms with Crippen molar-refractivity contribution in [1.82, 2.24) is 9.97 Å². The molecule has 0 saturated heterocycles. The van der Waals surface area contributed by atoms with Gasteiger partial charge in [-0.25, -0.2) is 9.97 Å². The number of methoxy groups -OCH3 is 2. The van der Waals surface area contributed by atoms with E-state index in [1.54, 1.807) is 87.0 Å². The molecular weight excluding hydrogens is 528 g/mol. The van der Waals surface area contributed by atoms with Crippen molar-refractivity contribution in [3.63, 3.8) is 0 Å². The smallest absolute Gasteiger partial charge is 0.264 e. The normalized spacial score (nSPS) is 13.4. The van der Waals surface area contributed by atoms with E-state index in [4.69, 9.17) is 23.1 Å². The Balaban J connectivity index is 2.11. The molecule has 0 aliphatic rings. The summed E-state index contributed by atoms with van der Waals surface area (Å²) < 4.78 is 51.7. The van der Waals surface area contributed by atoms with E-state index in [2.05, 4.69) is 20.0 Å². The molecule has 0 saturated carbocycles. The molecule has 39 heavy (non-hydrogen) atoms. The molecule has 3 aromatic rings. The van der Waals surface area contributed by atoms with Crippen LogP contribution in [0.2, 0.25) is 0 Å². The molecule has 14 heteroatoms. The lowest BCUT2D eigenvalue weighted by atomic mass is 10.0. The monoisotopic (exact) mass is 558 g/mol. The molecule has 0 amide bonds. The number of nitrogens with zero attached hydrogens (tertiary/aromatic N) is 6. The van der Waals surface area contributed by atoms with E-state index in [9.17, 15) is 13.9 Å². The van der Waals surface area contributed by atoms with E-state index in [0.29, 0.717) is 34.5 Å². The number of hydrogen-bond donors (Lipinski definition) is 0. The molecule has 0 fully saturated rings. The van der Waals surface area contributed by atoms with E-state index >= 15 is 0 Å². The lowest BCUT2D eigenvalue weighted by Crippen LogP contribution is -2.41. The summed E-state index contributed by atoms with van der Waals surface area (Å²) in [7, 11) is 2.82. The maximum Gasteiger partial charge on any atom is 0.264 e. The van der Waals surface area contributed by atoms with Gasteiger partial charge in [-0.1, -0.05) is 5.11 Å². The fraction of sp³-hybridized carbons (Fsp3) is 0.360. The number of benzene rings is 2. The Morgan fingerprint density at radius 1 is 0.897 bits per heavy atom. The van der Waals surface area contributed by atoms with E-state index in [1.165, 1.54) is 7.11 Å². The van der Waals surface area contributed by atoms with Crippen LogP contribution in [0, 0.1) is 0 Å². The van der Waals surface area contributed by atoms with Crippen LogP contribution in [0.3, 0.4) is 0 Å². The molecule has 3 rings (SSSR count). The lowest BCUT2D eigenvalue weighted by Gasteiger charge is -2.32. The summed E-state index contributed by atoms with van der Waals surface area (Å²) in [5.74, 6) is 2.50. The standard InChI is InChI=1S/C25H30N6O7S/c1-31(2)25-27-14-17(15-28-25)23(37-20-10-6-18(34-3)7-11-20)24(22(29-30-26)16-36-39(5,32)33)38-21-12-8-19(35-4)9-13-21/h6-15,22-24H,16H2,1-5H3/t22-,23+,24-/m0/s1. The zero-order valence-corrected chi connectivity index (χ0v) is 23.0. The zero-order chi connectivity index (χ0) is 28.4. The molecule has 0 radical (unpaired) electrons. The molecule has 3 atom stereocenters. The van der Waals surface area contributed by atoms with E-state index in [-0.39, 0.29) is 0 Å². The Kier molecular flexibility index (Phi) is 10.1. The maximum absolute atomic E-state index is 11.8. The number of hydrogen-bond acceptors (Lipinski definition) is 11. The van der Waals surface area contributed by atoms with Gasteiger partial charge in [0.25, 0.3) is 10.1 Å². The number of aromatic nitrogens is 2. The van der Waals surface area contributed by atoms with Gasteiger partial charge in [0.2, 0.25) is 5.95 Å². The number of ether oxygens (including phenoxy) is 4. The molecule has 0 N–H and O–H groups in total. The van der Waals surface area contributed by atoms with Crippen molar-refractivity contribution in [3.05, 3.63) is 76.9 Å². The minimum Gasteiger partial charge on any atom is -0.497 e. The summed E-state index contributed by atoms with van der Waals surface area (Å²) in [5, 5.41) is 3.81. The largest absolute Gasteiger partial charge is 0.497 e. The van der Waals surface area contributed by atoms with Crippen LogP contribution in [-0.2, 0) is 14.3 Å². The molecule has 0 bridgehead atoms. The molecule has 13 nitrogen and oxygen atoms in total. The second-order valence-corrected chi connectivity index (χ2v) is 10.1. The van der Waals surface area contributed by atoms with Gasteiger partial charge in [-0.3, -0.25) is 4.18 Å². The quantitative estimate of drug-likeness (QED) is 0.123. The van der Waals surface area contributed by atoms with Crippen LogP contribution >= 0.6 is 0 Å². The minimum absolute atomic E-state index is 0.382. The average Bonchev–Trinajstić information content (AvgIpc) is 2.93. The first-order valence-electron chi connectivity index (χ1n) is 11.6. The molecule has 208 valence electrons. The van der Waals surface area contributed by atoms with Crippen LogP contribution in [0.5, 0.6) is 23.0 Å². The first kappa shape index (κ1) is 29.3. The molecular formula is C25H30N6O7S. The Labute approximate surface area is 227 Å². The summed E-state index contributed by atoms with van der Waals surface area (Å²) in [6.45, 7) is -0.497. The third kappa shape index (κ3) is 8.64. The highest BCUT2D eigenvalue weighted by atomic mass is 32.2. The van der Waals surface area contributed by atoms with Gasteiger partial charge in [0.05, 0.1) is 27.1 Å². The fourth-order valence-corrected chi connectivity index (χ4v) is 3.83. The van der Waals surface area contributed by atoms with Gasteiger partial charge >= 0.3 is 0 Å². The molecule has 0 unspecified atom stereocenters. The predicted molar refractivity (Wildman–Crippen MR) is 144 cm³/mol. The van der Waals surface area contributed by atoms with Crippen molar-refractivity contribution in [1.29, 1.82) is 0 Å². The Morgan fingerprint density at radius 2 is 1.38 bits per heavy atom. The van der Waals surface area contributed by atoms with Crippen LogP contribution in [0.15, 0.2) is 66.0 Å². The summed E-state index contributed by atoms with van der Waals surface area (Å²) in [4.78, 5) is 13.4. The molecule has 1 aromatic heterocycles. The zero-order valence-electron chi connectivity index (χ0n) is 22.2. The second-order valence-electron chi connectivity index (χ2n) is 8.44. The van der Waals surface area contributed by atoms with Crippen LogP contribution in [0.25, 0.3) is 10.4 Å². The van der Waals surface area contributed by atoms with Gasteiger partial charge in [-0.2, -0.15) is 8.42 Å². The third-order valence-corrected chi connectivity index (χ3v) is 5.94. The SMILES string of the molecule is COc1ccc(O[C@@H]([C@H](COS(C)(=O)=O)N=[N+]=[N-])[C@H](Oc2ccc(OC)cc2)c2cnc(N(C)C)nc2)cc1. The van der Waals surface area contributed by atoms with Gasteiger partial charge in [0, 0.05) is 37.0 Å². The van der Waals surface area contributed by atoms with Crippen molar-refractivity contribution >= 4 is 16.1 Å². The van der Waals surface area contributed by atoms with Crippen molar-refractivity contribution < 1.29 is 31.5 Å². The number of rotatable bonds is 14. The van der Waals surface area contributed by atoms with Crippen molar-refractivity contribution in [2.75, 3.05) is 46.1 Å². The summed E-state index contributed by atoms with van der Waals surface area (Å²) in [5.41, 5.74) is 9.82. The maximum atomic E-state index is 11.8. The van der Waals surface area contributed by atoms with E-state index < -0.39 is 35.0 Å². The highest BCUT2D eigenvalue weighted by molar-refractivity contribution is 7.85. The van der Waals surface area contributed by atoms with Gasteiger partial charge in [0.15, 0.2) is 12.2 Å². The first-order chi connectivity index (χ1) is 18.6. The Morgan fingerprint density at radius 3 is 1.82 bits per heavy atom. The molecule has 0 aliphatic heterocycles. The lowest BCUT2D eigenvalue weighted by molar-refractivity contribution is 0.0257. The second kappa shape index (κ2) is 13.5. The summed E-state index contributed by atoms with van der Waals surface area (Å²) in [6, 6.07) is 12.4. The first-order valence-corrected chi connectivity index (χ1v) is 13.4. The number of azide groups is 1. The Hall–Kier alpha value is -4.26. The fourth-order valence-electron chi connectivity index (χ4n) is 3.44. The predicted octanol–water partition coefficient (Wildman–Crippen LogP) is 3.78. The summed E-state index contributed by atoms with van der Waals surface area (Å²) >= 11 is 0. The minimum atomic E-state index is -3.87.